The van der Waals surface area contributed by atoms with Gasteiger partial charge in [0.2, 0.25) is 0 Å². The SMILES string of the molecule is CCC(=O)C1C2C3CCC(O3)C2CN1CC. The van der Waals surface area contributed by atoms with Crippen molar-refractivity contribution in [3.63, 3.8) is 0 Å². The summed E-state index contributed by atoms with van der Waals surface area (Å²) in [5.41, 5.74) is 0. The Labute approximate surface area is 97.1 Å². The minimum absolute atomic E-state index is 0.162. The first-order chi connectivity index (χ1) is 7.76. The van der Waals surface area contributed by atoms with Crippen molar-refractivity contribution in [2.45, 2.75) is 51.4 Å². The van der Waals surface area contributed by atoms with Gasteiger partial charge in [-0.1, -0.05) is 13.8 Å². The number of Topliss-reactive ketones (excluding diaryl/α,β-unsaturated/α-hetero) is 1. The average molecular weight is 223 g/mol. The highest BCUT2D eigenvalue weighted by Gasteiger charge is 2.58. The molecule has 3 aliphatic rings. The zero-order valence-electron chi connectivity index (χ0n) is 10.2. The predicted molar refractivity (Wildman–Crippen MR) is 61.2 cm³/mol. The third-order valence-electron chi connectivity index (χ3n) is 4.77. The van der Waals surface area contributed by atoms with E-state index in [-0.39, 0.29) is 6.04 Å². The Morgan fingerprint density at radius 2 is 2.06 bits per heavy atom. The molecule has 16 heavy (non-hydrogen) atoms. The smallest absolute Gasteiger partial charge is 0.150 e. The lowest BCUT2D eigenvalue weighted by Gasteiger charge is -2.27. The molecular weight excluding hydrogens is 202 g/mol. The van der Waals surface area contributed by atoms with Crippen LogP contribution in [0, 0.1) is 11.8 Å². The van der Waals surface area contributed by atoms with Crippen molar-refractivity contribution >= 4 is 5.78 Å². The molecule has 0 amide bonds. The molecule has 3 aliphatic heterocycles. The molecule has 5 atom stereocenters. The van der Waals surface area contributed by atoms with Crippen molar-refractivity contribution in [2.24, 2.45) is 11.8 Å². The second kappa shape index (κ2) is 3.81. The number of hydrogen-bond acceptors (Lipinski definition) is 3. The first-order valence-electron chi connectivity index (χ1n) is 6.68. The number of ether oxygens (including phenoxy) is 1. The predicted octanol–water partition coefficient (Wildman–Crippen LogP) is 1.46. The molecule has 0 radical (unpaired) electrons. The summed E-state index contributed by atoms with van der Waals surface area (Å²) in [5.74, 6) is 1.57. The summed E-state index contributed by atoms with van der Waals surface area (Å²) in [5, 5.41) is 0. The standard InChI is InChI=1S/C13H21NO2/c1-3-9(15)13-12-8(7-14(13)4-2)10-5-6-11(12)16-10/h8,10-13H,3-7H2,1-2H3. The summed E-state index contributed by atoms with van der Waals surface area (Å²) < 4.78 is 5.98. The number of likely N-dealkylation sites (N-methyl/N-ethyl adjacent to an activating group) is 1. The summed E-state index contributed by atoms with van der Waals surface area (Å²) in [6, 6.07) is 0.162. The first kappa shape index (κ1) is 10.7. The van der Waals surface area contributed by atoms with E-state index in [4.69, 9.17) is 4.74 Å². The van der Waals surface area contributed by atoms with Gasteiger partial charge in [0.25, 0.3) is 0 Å². The van der Waals surface area contributed by atoms with Gasteiger partial charge in [-0.15, -0.1) is 0 Å². The van der Waals surface area contributed by atoms with Gasteiger partial charge in [-0.2, -0.15) is 0 Å². The van der Waals surface area contributed by atoms with Crippen LogP contribution >= 0.6 is 0 Å². The molecule has 3 nitrogen and oxygen atoms in total. The summed E-state index contributed by atoms with van der Waals surface area (Å²) in [6.45, 7) is 6.24. The molecule has 0 aliphatic carbocycles. The van der Waals surface area contributed by atoms with E-state index < -0.39 is 0 Å². The van der Waals surface area contributed by atoms with Crippen LogP contribution in [0.3, 0.4) is 0 Å². The third kappa shape index (κ3) is 1.31. The minimum Gasteiger partial charge on any atom is -0.374 e. The van der Waals surface area contributed by atoms with Gasteiger partial charge in [0.15, 0.2) is 0 Å². The van der Waals surface area contributed by atoms with E-state index in [9.17, 15) is 4.79 Å². The first-order valence-corrected chi connectivity index (χ1v) is 6.68. The topological polar surface area (TPSA) is 29.5 Å². The van der Waals surface area contributed by atoms with Crippen LogP contribution in [0.2, 0.25) is 0 Å². The Bertz CT molecular complexity index is 304. The van der Waals surface area contributed by atoms with Crippen molar-refractivity contribution in [1.82, 2.24) is 4.90 Å². The second-order valence-electron chi connectivity index (χ2n) is 5.38. The maximum atomic E-state index is 12.1. The number of carbonyl (C=O) groups excluding carboxylic acids is 1. The van der Waals surface area contributed by atoms with Crippen LogP contribution < -0.4 is 0 Å². The van der Waals surface area contributed by atoms with Crippen LogP contribution in [-0.2, 0) is 9.53 Å². The van der Waals surface area contributed by atoms with Crippen molar-refractivity contribution in [3.8, 4) is 0 Å². The van der Waals surface area contributed by atoms with Gasteiger partial charge in [0.05, 0.1) is 18.2 Å². The van der Waals surface area contributed by atoms with E-state index in [1.165, 1.54) is 12.8 Å². The van der Waals surface area contributed by atoms with E-state index in [0.717, 1.165) is 13.1 Å². The van der Waals surface area contributed by atoms with E-state index >= 15 is 0 Å². The third-order valence-corrected chi connectivity index (χ3v) is 4.77. The Hall–Kier alpha value is -0.410. The van der Waals surface area contributed by atoms with Gasteiger partial charge in [-0.3, -0.25) is 9.69 Å². The molecule has 3 fully saturated rings. The highest BCUT2D eigenvalue weighted by Crippen LogP contribution is 2.50. The van der Waals surface area contributed by atoms with Gasteiger partial charge < -0.3 is 4.74 Å². The fourth-order valence-corrected chi connectivity index (χ4v) is 4.07. The molecular formula is C13H21NO2. The number of likely N-dealkylation sites (tertiary alicyclic amines) is 1. The molecule has 3 saturated heterocycles. The second-order valence-corrected chi connectivity index (χ2v) is 5.38. The van der Waals surface area contributed by atoms with Crippen LogP contribution in [0.25, 0.3) is 0 Å². The van der Waals surface area contributed by atoms with E-state index in [2.05, 4.69) is 11.8 Å². The van der Waals surface area contributed by atoms with E-state index in [1.807, 2.05) is 6.92 Å². The lowest BCUT2D eigenvalue weighted by Crippen LogP contribution is -2.42. The fourth-order valence-electron chi connectivity index (χ4n) is 4.07. The number of hydrogen-bond donors (Lipinski definition) is 0. The van der Waals surface area contributed by atoms with E-state index in [1.54, 1.807) is 0 Å². The molecule has 0 aromatic rings. The maximum Gasteiger partial charge on any atom is 0.150 e. The van der Waals surface area contributed by atoms with Gasteiger partial charge in [-0.05, 0) is 19.4 Å². The molecule has 0 N–H and O–H groups in total. The van der Waals surface area contributed by atoms with E-state index in [0.29, 0.717) is 36.2 Å². The lowest BCUT2D eigenvalue weighted by molar-refractivity contribution is -0.125. The van der Waals surface area contributed by atoms with Crippen LogP contribution in [0.5, 0.6) is 0 Å². The number of ketones is 1. The number of fused-ring (bicyclic) bond motifs is 5. The molecule has 0 spiro atoms. The van der Waals surface area contributed by atoms with Crippen molar-refractivity contribution in [1.29, 1.82) is 0 Å². The summed E-state index contributed by atoms with van der Waals surface area (Å²) in [6.07, 6.45) is 3.90. The number of carbonyl (C=O) groups is 1. The Morgan fingerprint density at radius 3 is 2.75 bits per heavy atom. The highest BCUT2D eigenvalue weighted by atomic mass is 16.5. The Kier molecular flexibility index (Phi) is 2.55. The Morgan fingerprint density at radius 1 is 1.31 bits per heavy atom. The van der Waals surface area contributed by atoms with Gasteiger partial charge in [0.1, 0.15) is 5.78 Å². The molecule has 0 aromatic heterocycles. The highest BCUT2D eigenvalue weighted by molar-refractivity contribution is 5.84. The minimum atomic E-state index is 0.162. The molecule has 0 saturated carbocycles. The monoisotopic (exact) mass is 223 g/mol. The summed E-state index contributed by atoms with van der Waals surface area (Å²) >= 11 is 0. The molecule has 3 heteroatoms. The zero-order valence-corrected chi connectivity index (χ0v) is 10.2. The lowest BCUT2D eigenvalue weighted by atomic mass is 9.77. The molecule has 90 valence electrons. The van der Waals surface area contributed by atoms with Crippen LogP contribution in [0.1, 0.15) is 33.1 Å². The molecule has 3 heterocycles. The van der Waals surface area contributed by atoms with Gasteiger partial charge in [0, 0.05) is 24.8 Å². The Balaban J connectivity index is 1.86. The van der Waals surface area contributed by atoms with Crippen LogP contribution in [0.4, 0.5) is 0 Å². The average Bonchev–Trinajstić information content (AvgIpc) is 2.97. The normalized spacial score (nSPS) is 46.2. The van der Waals surface area contributed by atoms with Crippen molar-refractivity contribution < 1.29 is 9.53 Å². The maximum absolute atomic E-state index is 12.1. The summed E-state index contributed by atoms with van der Waals surface area (Å²) in [4.78, 5) is 14.5. The largest absolute Gasteiger partial charge is 0.374 e. The zero-order chi connectivity index (χ0) is 11.3. The molecule has 5 unspecified atom stereocenters. The molecule has 2 bridgehead atoms. The van der Waals surface area contributed by atoms with Crippen LogP contribution in [-0.4, -0.2) is 42.0 Å². The molecule has 3 rings (SSSR count). The van der Waals surface area contributed by atoms with Gasteiger partial charge >= 0.3 is 0 Å². The molecule has 0 aromatic carbocycles. The van der Waals surface area contributed by atoms with Crippen molar-refractivity contribution in [3.05, 3.63) is 0 Å². The van der Waals surface area contributed by atoms with Crippen molar-refractivity contribution in [2.75, 3.05) is 13.1 Å². The number of rotatable bonds is 3. The van der Waals surface area contributed by atoms with Gasteiger partial charge in [-0.25, -0.2) is 0 Å². The summed E-state index contributed by atoms with van der Waals surface area (Å²) in [7, 11) is 0. The fraction of sp³-hybridized carbons (Fsp3) is 0.923. The quantitative estimate of drug-likeness (QED) is 0.725. The number of nitrogens with zero attached hydrogens (tertiary/aromatic N) is 1. The van der Waals surface area contributed by atoms with Crippen LogP contribution in [0.15, 0.2) is 0 Å².